The Bertz CT molecular complexity index is 1040. The zero-order valence-corrected chi connectivity index (χ0v) is 15.6. The van der Waals surface area contributed by atoms with Crippen LogP contribution < -0.4 is 0 Å². The van der Waals surface area contributed by atoms with Gasteiger partial charge in [-0.25, -0.2) is 4.98 Å². The summed E-state index contributed by atoms with van der Waals surface area (Å²) in [6.07, 6.45) is 2.96. The first-order valence-corrected chi connectivity index (χ1v) is 9.31. The van der Waals surface area contributed by atoms with Crippen LogP contribution in [0.5, 0.6) is 0 Å². The molecule has 0 unspecified atom stereocenters. The van der Waals surface area contributed by atoms with E-state index in [-0.39, 0.29) is 5.41 Å². The van der Waals surface area contributed by atoms with E-state index in [0.717, 1.165) is 22.8 Å². The van der Waals surface area contributed by atoms with Crippen molar-refractivity contribution >= 4 is 38.7 Å². The highest BCUT2D eigenvalue weighted by Crippen LogP contribution is 2.33. The smallest absolute Gasteiger partial charge is 0.137 e. The summed E-state index contributed by atoms with van der Waals surface area (Å²) in [6, 6.07) is 12.3. The zero-order valence-electron chi connectivity index (χ0n) is 14.0. The molecule has 4 rings (SSSR count). The van der Waals surface area contributed by atoms with Crippen LogP contribution in [0.1, 0.15) is 37.7 Å². The van der Waals surface area contributed by atoms with Gasteiger partial charge in [0.2, 0.25) is 0 Å². The maximum atomic E-state index is 6.22. The summed E-state index contributed by atoms with van der Waals surface area (Å²) in [5, 5.41) is 4.28. The summed E-state index contributed by atoms with van der Waals surface area (Å²) in [4.78, 5) is 4.90. The van der Waals surface area contributed by atoms with E-state index in [4.69, 9.17) is 16.6 Å². The van der Waals surface area contributed by atoms with Crippen LogP contribution in [0, 0.1) is 0 Å². The molecule has 24 heavy (non-hydrogen) atoms. The maximum absolute atomic E-state index is 6.22. The van der Waals surface area contributed by atoms with Gasteiger partial charge in [0.05, 0.1) is 11.4 Å². The van der Waals surface area contributed by atoms with Crippen molar-refractivity contribution in [3.05, 3.63) is 69.9 Å². The molecule has 0 amide bonds. The Balaban J connectivity index is 1.91. The molecule has 0 atom stereocenters. The van der Waals surface area contributed by atoms with Gasteiger partial charge in [0.15, 0.2) is 0 Å². The topological polar surface area (TPSA) is 17.3 Å². The minimum Gasteiger partial charge on any atom is -0.303 e. The number of benzene rings is 1. The number of pyridine rings is 1. The van der Waals surface area contributed by atoms with Gasteiger partial charge >= 0.3 is 0 Å². The van der Waals surface area contributed by atoms with Gasteiger partial charge in [-0.3, -0.25) is 0 Å². The molecule has 0 saturated heterocycles. The molecule has 0 aliphatic heterocycles. The fraction of sp³-hybridized carbons (Fsp3) is 0.250. The Morgan fingerprint density at radius 3 is 2.79 bits per heavy atom. The molecule has 4 aromatic rings. The third-order valence-electron chi connectivity index (χ3n) is 4.31. The Labute approximate surface area is 150 Å². The summed E-state index contributed by atoms with van der Waals surface area (Å²) in [7, 11) is 0. The minimum atomic E-state index is 0.00479. The fourth-order valence-electron chi connectivity index (χ4n) is 3.19. The van der Waals surface area contributed by atoms with Crippen molar-refractivity contribution in [2.24, 2.45) is 0 Å². The number of imidazole rings is 1. The maximum Gasteiger partial charge on any atom is 0.137 e. The van der Waals surface area contributed by atoms with Gasteiger partial charge < -0.3 is 4.40 Å². The van der Waals surface area contributed by atoms with Gasteiger partial charge in [0.25, 0.3) is 0 Å². The number of hydrogen-bond donors (Lipinski definition) is 0. The van der Waals surface area contributed by atoms with Crippen molar-refractivity contribution in [2.75, 3.05) is 0 Å². The van der Waals surface area contributed by atoms with Crippen LogP contribution in [0.2, 0.25) is 5.02 Å². The largest absolute Gasteiger partial charge is 0.303 e. The average Bonchev–Trinajstić information content (AvgIpc) is 3.10. The lowest BCUT2D eigenvalue weighted by atomic mass is 9.89. The fourth-order valence-corrected chi connectivity index (χ4v) is 4.30. The van der Waals surface area contributed by atoms with E-state index >= 15 is 0 Å². The molecule has 3 heterocycles. The third kappa shape index (κ3) is 2.62. The van der Waals surface area contributed by atoms with E-state index < -0.39 is 0 Å². The van der Waals surface area contributed by atoms with Crippen molar-refractivity contribution in [3.63, 3.8) is 0 Å². The molecule has 0 saturated carbocycles. The van der Waals surface area contributed by atoms with Crippen molar-refractivity contribution in [3.8, 4) is 0 Å². The summed E-state index contributed by atoms with van der Waals surface area (Å²) in [5.74, 6) is 0. The molecule has 0 radical (unpaired) electrons. The first kappa shape index (κ1) is 15.7. The van der Waals surface area contributed by atoms with Crippen molar-refractivity contribution < 1.29 is 0 Å². The molecule has 0 aliphatic rings. The van der Waals surface area contributed by atoms with Crippen LogP contribution in [0.3, 0.4) is 0 Å². The highest BCUT2D eigenvalue weighted by molar-refractivity contribution is 7.17. The van der Waals surface area contributed by atoms with Crippen molar-refractivity contribution in [1.82, 2.24) is 9.38 Å². The van der Waals surface area contributed by atoms with E-state index in [0.29, 0.717) is 0 Å². The highest BCUT2D eigenvalue weighted by Gasteiger charge is 2.24. The lowest BCUT2D eigenvalue weighted by Gasteiger charge is -2.18. The third-order valence-corrected chi connectivity index (χ3v) is 5.56. The van der Waals surface area contributed by atoms with E-state index in [9.17, 15) is 0 Å². The van der Waals surface area contributed by atoms with E-state index in [1.807, 2.05) is 12.1 Å². The van der Waals surface area contributed by atoms with Crippen LogP contribution in [0.4, 0.5) is 0 Å². The molecule has 1 aromatic carbocycles. The second kappa shape index (κ2) is 5.61. The second-order valence-corrected chi connectivity index (χ2v) is 8.51. The molecule has 0 aliphatic carbocycles. The zero-order chi connectivity index (χ0) is 16.9. The molecule has 4 heteroatoms. The van der Waals surface area contributed by atoms with E-state index in [1.54, 1.807) is 11.3 Å². The predicted molar refractivity (Wildman–Crippen MR) is 104 cm³/mol. The Kier molecular flexibility index (Phi) is 3.66. The van der Waals surface area contributed by atoms with Gasteiger partial charge in [-0.05, 0) is 46.7 Å². The summed E-state index contributed by atoms with van der Waals surface area (Å²) in [6.45, 7) is 6.67. The molecule has 0 bridgehead atoms. The Morgan fingerprint density at radius 1 is 1.17 bits per heavy atom. The monoisotopic (exact) mass is 354 g/mol. The molecule has 2 nitrogen and oxygen atoms in total. The number of thiophene rings is 1. The number of hydrogen-bond acceptors (Lipinski definition) is 2. The lowest BCUT2D eigenvalue weighted by Crippen LogP contribution is -2.15. The molecule has 0 fully saturated rings. The molecule has 3 aromatic heterocycles. The van der Waals surface area contributed by atoms with Gasteiger partial charge in [0.1, 0.15) is 5.65 Å². The summed E-state index contributed by atoms with van der Waals surface area (Å²) in [5.41, 5.74) is 4.75. The van der Waals surface area contributed by atoms with E-state index in [1.165, 1.54) is 21.3 Å². The van der Waals surface area contributed by atoms with Crippen molar-refractivity contribution in [2.45, 2.75) is 32.6 Å². The van der Waals surface area contributed by atoms with Crippen LogP contribution in [-0.4, -0.2) is 9.38 Å². The molecular weight excluding hydrogens is 336 g/mol. The SMILES string of the molecule is CC(C)(C)c1nc2ccccn2c1Cc1csc2ccc(Cl)cc12. The Morgan fingerprint density at radius 2 is 2.00 bits per heavy atom. The van der Waals surface area contributed by atoms with Crippen LogP contribution in [0.25, 0.3) is 15.7 Å². The molecule has 0 spiro atoms. The number of nitrogens with zero attached hydrogens (tertiary/aromatic N) is 2. The average molecular weight is 355 g/mol. The van der Waals surface area contributed by atoms with Crippen LogP contribution in [-0.2, 0) is 11.8 Å². The van der Waals surface area contributed by atoms with Gasteiger partial charge in [0, 0.05) is 27.8 Å². The molecule has 0 N–H and O–H groups in total. The van der Waals surface area contributed by atoms with Crippen LogP contribution in [0.15, 0.2) is 48.0 Å². The first-order chi connectivity index (χ1) is 11.4. The predicted octanol–water partition coefficient (Wildman–Crippen LogP) is 6.09. The standard InChI is InChI=1S/C20H19ClN2S/c1-20(2,3)19-16(23-9-5-4-6-18(23)22-19)10-13-12-24-17-8-7-14(21)11-15(13)17/h4-9,11-12H,10H2,1-3H3. The first-order valence-electron chi connectivity index (χ1n) is 8.05. The number of aromatic nitrogens is 2. The minimum absolute atomic E-state index is 0.00479. The normalized spacial score (nSPS) is 12.3. The Hall–Kier alpha value is -1.84. The lowest BCUT2D eigenvalue weighted by molar-refractivity contribution is 0.566. The molecule has 122 valence electrons. The highest BCUT2D eigenvalue weighted by atomic mass is 35.5. The van der Waals surface area contributed by atoms with Crippen molar-refractivity contribution in [1.29, 1.82) is 0 Å². The molecular formula is C20H19ClN2S. The van der Waals surface area contributed by atoms with Gasteiger partial charge in [-0.2, -0.15) is 0 Å². The van der Waals surface area contributed by atoms with Crippen LogP contribution >= 0.6 is 22.9 Å². The summed E-state index contributed by atoms with van der Waals surface area (Å²) >= 11 is 7.99. The van der Waals surface area contributed by atoms with E-state index in [2.05, 4.69) is 61.0 Å². The van der Waals surface area contributed by atoms with Gasteiger partial charge in [-0.15, -0.1) is 11.3 Å². The number of halogens is 1. The second-order valence-electron chi connectivity index (χ2n) is 7.16. The number of fused-ring (bicyclic) bond motifs is 2. The quantitative estimate of drug-likeness (QED) is 0.425. The number of rotatable bonds is 2. The summed E-state index contributed by atoms with van der Waals surface area (Å²) < 4.78 is 3.50. The van der Waals surface area contributed by atoms with Gasteiger partial charge in [-0.1, -0.05) is 38.4 Å².